The highest BCUT2D eigenvalue weighted by atomic mass is 32.2. The first-order valence-corrected chi connectivity index (χ1v) is 9.68. The molecule has 8 nitrogen and oxygen atoms in total. The third-order valence-electron chi connectivity index (χ3n) is 4.33. The average Bonchev–Trinajstić information content (AvgIpc) is 3.06. The predicted molar refractivity (Wildman–Crippen MR) is 90.0 cm³/mol. The Bertz CT molecular complexity index is 892. The molecule has 0 bridgehead atoms. The van der Waals surface area contributed by atoms with Crippen LogP contribution in [0.3, 0.4) is 0 Å². The van der Waals surface area contributed by atoms with Gasteiger partial charge in [0.2, 0.25) is 0 Å². The molecule has 0 spiro atoms. The molecule has 148 valence electrons. The van der Waals surface area contributed by atoms with E-state index in [2.05, 4.69) is 20.4 Å². The Hall–Kier alpha value is -2.21. The van der Waals surface area contributed by atoms with Crippen molar-refractivity contribution in [3.8, 4) is 11.5 Å². The van der Waals surface area contributed by atoms with Crippen molar-refractivity contribution in [3.63, 3.8) is 0 Å². The van der Waals surface area contributed by atoms with Crippen LogP contribution in [-0.2, 0) is 10.0 Å². The van der Waals surface area contributed by atoms with Crippen LogP contribution in [-0.4, -0.2) is 53.0 Å². The van der Waals surface area contributed by atoms with Crippen molar-refractivity contribution in [1.82, 2.24) is 19.4 Å². The molecule has 1 aliphatic heterocycles. The topological polar surface area (TPSA) is 101 Å². The molecule has 1 saturated heterocycles. The Kier molecular flexibility index (Phi) is 5.38. The highest BCUT2D eigenvalue weighted by Gasteiger charge is 2.50. The van der Waals surface area contributed by atoms with Crippen LogP contribution in [0.25, 0.3) is 11.5 Å². The average molecular weight is 405 g/mol. The number of rotatable bonds is 5. The normalized spacial score (nSPS) is 17.2. The Morgan fingerprint density at radius 1 is 1.33 bits per heavy atom. The van der Waals surface area contributed by atoms with Crippen molar-refractivity contribution in [2.24, 2.45) is 5.92 Å². The van der Waals surface area contributed by atoms with E-state index in [-0.39, 0.29) is 19.0 Å². The van der Waals surface area contributed by atoms with E-state index in [4.69, 9.17) is 4.52 Å². The van der Waals surface area contributed by atoms with E-state index in [1.54, 1.807) is 25.3 Å². The first-order chi connectivity index (χ1) is 12.7. The molecule has 0 amide bonds. The van der Waals surface area contributed by atoms with Crippen LogP contribution in [0.15, 0.2) is 22.9 Å². The highest BCUT2D eigenvalue weighted by Crippen LogP contribution is 2.31. The van der Waals surface area contributed by atoms with Crippen molar-refractivity contribution in [2.75, 3.05) is 25.0 Å². The van der Waals surface area contributed by atoms with Crippen molar-refractivity contribution in [1.29, 1.82) is 0 Å². The van der Waals surface area contributed by atoms with Gasteiger partial charge in [-0.3, -0.25) is 0 Å². The van der Waals surface area contributed by atoms with Crippen LogP contribution < -0.4 is 5.32 Å². The molecule has 0 atom stereocenters. The number of halogens is 3. The van der Waals surface area contributed by atoms with E-state index in [9.17, 15) is 21.6 Å². The molecule has 1 aliphatic rings. The first kappa shape index (κ1) is 19.5. The van der Waals surface area contributed by atoms with E-state index < -0.39 is 15.5 Å². The summed E-state index contributed by atoms with van der Waals surface area (Å²) in [6.45, 7) is 1.81. The van der Waals surface area contributed by atoms with Crippen LogP contribution in [0.5, 0.6) is 0 Å². The Labute approximate surface area is 153 Å². The maximum atomic E-state index is 12.6. The molecular formula is C15H18F3N5O3S. The molecule has 27 heavy (non-hydrogen) atoms. The van der Waals surface area contributed by atoms with Gasteiger partial charge in [0.25, 0.3) is 5.89 Å². The summed E-state index contributed by atoms with van der Waals surface area (Å²) in [4.78, 5) is 8.40. The van der Waals surface area contributed by atoms with E-state index >= 15 is 0 Å². The number of hydrogen-bond acceptors (Lipinski definition) is 7. The molecule has 2 aromatic heterocycles. The van der Waals surface area contributed by atoms with E-state index in [0.717, 1.165) is 0 Å². The number of piperidine rings is 1. The Morgan fingerprint density at radius 2 is 2.04 bits per heavy atom. The minimum atomic E-state index is -5.26. The third-order valence-corrected chi connectivity index (χ3v) is 5.96. The molecule has 3 heterocycles. The largest absolute Gasteiger partial charge is 0.511 e. The second-order valence-corrected chi connectivity index (χ2v) is 8.15. The Morgan fingerprint density at radius 3 is 2.63 bits per heavy atom. The lowest BCUT2D eigenvalue weighted by atomic mass is 9.98. The van der Waals surface area contributed by atoms with Gasteiger partial charge in [-0.2, -0.15) is 22.5 Å². The summed E-state index contributed by atoms with van der Waals surface area (Å²) in [6.07, 6.45) is 2.24. The zero-order chi connectivity index (χ0) is 19.7. The third kappa shape index (κ3) is 4.21. The summed E-state index contributed by atoms with van der Waals surface area (Å²) >= 11 is 0. The number of sulfonamides is 1. The molecule has 0 aromatic carbocycles. The fourth-order valence-electron chi connectivity index (χ4n) is 2.87. The molecule has 12 heteroatoms. The maximum Gasteiger partial charge on any atom is 0.511 e. The summed E-state index contributed by atoms with van der Waals surface area (Å²) in [5.41, 5.74) is -4.64. The summed E-state index contributed by atoms with van der Waals surface area (Å²) in [7, 11) is -5.26. The quantitative estimate of drug-likeness (QED) is 0.815. The lowest BCUT2D eigenvalue weighted by molar-refractivity contribution is -0.0496. The van der Waals surface area contributed by atoms with Crippen molar-refractivity contribution in [2.45, 2.75) is 25.3 Å². The standard InChI is InChI=1S/C15H18F3N5O3S/c1-10-21-14(26-22-10)12-3-2-6-19-13(12)20-9-11-4-7-23(8-5-11)27(24,25)15(16,17)18/h2-3,6,11H,4-5,7-9H2,1H3,(H,19,20). The molecule has 0 aliphatic carbocycles. The van der Waals surface area contributed by atoms with E-state index in [1.807, 2.05) is 0 Å². The molecule has 0 radical (unpaired) electrons. The van der Waals surface area contributed by atoms with Crippen molar-refractivity contribution < 1.29 is 26.1 Å². The van der Waals surface area contributed by atoms with Crippen molar-refractivity contribution in [3.05, 3.63) is 24.2 Å². The van der Waals surface area contributed by atoms with E-state index in [1.165, 1.54) is 0 Å². The van der Waals surface area contributed by atoms with Gasteiger partial charge in [0.05, 0.1) is 5.56 Å². The molecular weight excluding hydrogens is 387 g/mol. The van der Waals surface area contributed by atoms with Gasteiger partial charge >= 0.3 is 15.5 Å². The van der Waals surface area contributed by atoms with Gasteiger partial charge in [0.1, 0.15) is 5.82 Å². The van der Waals surface area contributed by atoms with Crippen LogP contribution in [0.2, 0.25) is 0 Å². The second-order valence-electron chi connectivity index (χ2n) is 6.22. The van der Waals surface area contributed by atoms with Crippen LogP contribution in [0, 0.1) is 12.8 Å². The number of nitrogens with zero attached hydrogens (tertiary/aromatic N) is 4. The monoisotopic (exact) mass is 405 g/mol. The van der Waals surface area contributed by atoms with Gasteiger partial charge < -0.3 is 9.84 Å². The SMILES string of the molecule is Cc1noc(-c2cccnc2NCC2CCN(S(=O)(=O)C(F)(F)F)CC2)n1. The van der Waals surface area contributed by atoms with Gasteiger partial charge in [-0.25, -0.2) is 13.4 Å². The number of anilines is 1. The Balaban J connectivity index is 1.60. The van der Waals surface area contributed by atoms with Crippen LogP contribution >= 0.6 is 0 Å². The second kappa shape index (κ2) is 7.43. The van der Waals surface area contributed by atoms with Gasteiger partial charge in [0.15, 0.2) is 5.82 Å². The van der Waals surface area contributed by atoms with Crippen LogP contribution in [0.4, 0.5) is 19.0 Å². The number of pyridine rings is 1. The molecule has 0 unspecified atom stereocenters. The summed E-state index contributed by atoms with van der Waals surface area (Å²) in [5, 5.41) is 6.88. The summed E-state index contributed by atoms with van der Waals surface area (Å²) < 4.78 is 66.4. The first-order valence-electron chi connectivity index (χ1n) is 8.24. The number of nitrogens with one attached hydrogen (secondary N) is 1. The summed E-state index contributed by atoms with van der Waals surface area (Å²) in [5.74, 6) is 1.34. The molecule has 3 rings (SSSR count). The molecule has 1 N–H and O–H groups in total. The van der Waals surface area contributed by atoms with Gasteiger partial charge in [0, 0.05) is 25.8 Å². The lowest BCUT2D eigenvalue weighted by Gasteiger charge is -2.31. The number of aryl methyl sites for hydroxylation is 1. The maximum absolute atomic E-state index is 12.6. The predicted octanol–water partition coefficient (Wildman–Crippen LogP) is 2.41. The molecule has 2 aromatic rings. The fourth-order valence-corrected chi connectivity index (χ4v) is 3.85. The minimum absolute atomic E-state index is 0.0176. The fraction of sp³-hybridized carbons (Fsp3) is 0.533. The zero-order valence-corrected chi connectivity index (χ0v) is 15.2. The van der Waals surface area contributed by atoms with Gasteiger partial charge in [-0.1, -0.05) is 5.16 Å². The number of alkyl halides is 3. The highest BCUT2D eigenvalue weighted by molar-refractivity contribution is 7.90. The van der Waals surface area contributed by atoms with Gasteiger partial charge in [-0.05, 0) is 37.8 Å². The zero-order valence-electron chi connectivity index (χ0n) is 14.4. The minimum Gasteiger partial charge on any atom is -0.369 e. The summed E-state index contributed by atoms with van der Waals surface area (Å²) in [6, 6.07) is 3.49. The molecule has 0 saturated carbocycles. The smallest absolute Gasteiger partial charge is 0.369 e. The van der Waals surface area contributed by atoms with Crippen molar-refractivity contribution >= 4 is 15.8 Å². The number of aromatic nitrogens is 3. The lowest BCUT2D eigenvalue weighted by Crippen LogP contribution is -2.45. The number of hydrogen-bond donors (Lipinski definition) is 1. The molecule has 1 fully saturated rings. The van der Waals surface area contributed by atoms with E-state index in [0.29, 0.717) is 46.8 Å². The van der Waals surface area contributed by atoms with Gasteiger partial charge in [-0.15, -0.1) is 0 Å². The van der Waals surface area contributed by atoms with Crippen LogP contribution in [0.1, 0.15) is 18.7 Å².